The van der Waals surface area contributed by atoms with Gasteiger partial charge in [-0.3, -0.25) is 10.1 Å². The average Bonchev–Trinajstić information content (AvgIpc) is 3.10. The van der Waals surface area contributed by atoms with Crippen LogP contribution < -0.4 is 5.14 Å². The van der Waals surface area contributed by atoms with Crippen LogP contribution >= 0.6 is 11.6 Å². The topological polar surface area (TPSA) is 134 Å². The zero-order valence-corrected chi connectivity index (χ0v) is 17.4. The van der Waals surface area contributed by atoms with E-state index in [0.717, 1.165) is 11.8 Å². The largest absolute Gasteiger partial charge is 0.307 e. The van der Waals surface area contributed by atoms with E-state index in [2.05, 4.69) is 10.1 Å². The number of primary sulfonamides is 1. The van der Waals surface area contributed by atoms with Crippen molar-refractivity contribution in [3.63, 3.8) is 0 Å². The van der Waals surface area contributed by atoms with E-state index in [4.69, 9.17) is 16.7 Å². The standard InChI is InChI=1S/C18H18ClN5O4S/c1-18(2,3)11-4-5-14(16(6-11)29(20,27)28)15-7-12(19)8-21-17(15)23-10-13(9-22-23)24(25)26/h4-10H,1-3H3,(H2,20,27,28). The molecule has 0 spiro atoms. The molecule has 9 nitrogen and oxygen atoms in total. The molecule has 2 heterocycles. The van der Waals surface area contributed by atoms with E-state index < -0.39 is 14.9 Å². The number of halogens is 1. The lowest BCUT2D eigenvalue weighted by atomic mass is 9.86. The van der Waals surface area contributed by atoms with Gasteiger partial charge in [-0.1, -0.05) is 44.5 Å². The molecule has 2 aromatic heterocycles. The van der Waals surface area contributed by atoms with Gasteiger partial charge < -0.3 is 0 Å². The van der Waals surface area contributed by atoms with Crippen LogP contribution in [0.2, 0.25) is 5.02 Å². The summed E-state index contributed by atoms with van der Waals surface area (Å²) in [6, 6.07) is 6.44. The molecule has 0 aliphatic heterocycles. The van der Waals surface area contributed by atoms with Crippen molar-refractivity contribution < 1.29 is 13.3 Å². The molecule has 0 fully saturated rings. The second-order valence-corrected chi connectivity index (χ2v) is 9.40. The Hall–Kier alpha value is -2.82. The number of hydrogen-bond donors (Lipinski definition) is 1. The van der Waals surface area contributed by atoms with Crippen molar-refractivity contribution in [2.45, 2.75) is 31.1 Å². The first-order valence-electron chi connectivity index (χ1n) is 8.40. The van der Waals surface area contributed by atoms with Crippen LogP contribution in [0.4, 0.5) is 5.69 Å². The molecule has 3 aromatic rings. The molecule has 0 bridgehead atoms. The van der Waals surface area contributed by atoms with Gasteiger partial charge in [0.2, 0.25) is 10.0 Å². The summed E-state index contributed by atoms with van der Waals surface area (Å²) >= 11 is 6.10. The van der Waals surface area contributed by atoms with E-state index in [1.54, 1.807) is 12.1 Å². The normalized spacial score (nSPS) is 12.2. The van der Waals surface area contributed by atoms with Crippen molar-refractivity contribution in [3.8, 4) is 16.9 Å². The second kappa shape index (κ2) is 7.21. The predicted octanol–water partition coefficient (Wildman–Crippen LogP) is 3.44. The van der Waals surface area contributed by atoms with Gasteiger partial charge in [-0.15, -0.1) is 0 Å². The third-order valence-electron chi connectivity index (χ3n) is 4.27. The highest BCUT2D eigenvalue weighted by Gasteiger charge is 2.24. The monoisotopic (exact) mass is 435 g/mol. The maximum Gasteiger partial charge on any atom is 0.307 e. The van der Waals surface area contributed by atoms with Gasteiger partial charge in [0, 0.05) is 17.3 Å². The average molecular weight is 436 g/mol. The number of nitro groups is 1. The molecule has 0 saturated heterocycles. The molecular formula is C18H18ClN5O4S. The third kappa shape index (κ3) is 4.29. The number of nitrogens with zero attached hydrogens (tertiary/aromatic N) is 4. The predicted molar refractivity (Wildman–Crippen MR) is 109 cm³/mol. The summed E-state index contributed by atoms with van der Waals surface area (Å²) in [7, 11) is -4.09. The van der Waals surface area contributed by atoms with Crippen LogP contribution in [0.5, 0.6) is 0 Å². The van der Waals surface area contributed by atoms with Gasteiger partial charge in [0.25, 0.3) is 0 Å². The number of benzene rings is 1. The minimum absolute atomic E-state index is 0.100. The molecule has 0 saturated carbocycles. The molecular weight excluding hydrogens is 418 g/mol. The first kappa shape index (κ1) is 20.9. The lowest BCUT2D eigenvalue weighted by Gasteiger charge is -2.21. The molecule has 2 N–H and O–H groups in total. The number of sulfonamides is 1. The van der Waals surface area contributed by atoms with Crippen molar-refractivity contribution in [1.29, 1.82) is 0 Å². The van der Waals surface area contributed by atoms with Crippen LogP contribution in [-0.4, -0.2) is 28.1 Å². The summed E-state index contributed by atoms with van der Waals surface area (Å²) in [5.74, 6) is 0.177. The lowest BCUT2D eigenvalue weighted by molar-refractivity contribution is -0.384. The SMILES string of the molecule is CC(C)(C)c1ccc(-c2cc(Cl)cnc2-n2cc([N+](=O)[O-])cn2)c(S(N)(=O)=O)c1. The molecule has 0 unspecified atom stereocenters. The summed E-state index contributed by atoms with van der Waals surface area (Å²) in [5.41, 5.74) is 0.818. The molecule has 0 aliphatic carbocycles. The highest BCUT2D eigenvalue weighted by Crippen LogP contribution is 2.35. The summed E-state index contributed by atoms with van der Waals surface area (Å²) in [5, 5.41) is 20.7. The fourth-order valence-corrected chi connectivity index (χ4v) is 3.72. The van der Waals surface area contributed by atoms with Gasteiger partial charge in [-0.25, -0.2) is 23.2 Å². The van der Waals surface area contributed by atoms with Crippen LogP contribution in [-0.2, 0) is 15.4 Å². The number of nitrogens with two attached hydrogens (primary N) is 1. The Morgan fingerprint density at radius 1 is 1.17 bits per heavy atom. The van der Waals surface area contributed by atoms with E-state index in [0.29, 0.717) is 5.56 Å². The highest BCUT2D eigenvalue weighted by atomic mass is 35.5. The minimum atomic E-state index is -4.09. The molecule has 0 radical (unpaired) electrons. The summed E-state index contributed by atoms with van der Waals surface area (Å²) in [6.45, 7) is 5.85. The van der Waals surface area contributed by atoms with Gasteiger partial charge in [0.05, 0.1) is 14.8 Å². The number of aromatic nitrogens is 3. The smallest absolute Gasteiger partial charge is 0.258 e. The van der Waals surface area contributed by atoms with Crippen LogP contribution in [0.15, 0.2) is 47.8 Å². The summed E-state index contributed by atoms with van der Waals surface area (Å²) in [6.07, 6.45) is 3.59. The van der Waals surface area contributed by atoms with Crippen molar-refractivity contribution in [2.75, 3.05) is 0 Å². The van der Waals surface area contributed by atoms with Gasteiger partial charge in [0.1, 0.15) is 12.4 Å². The number of hydrogen-bond acceptors (Lipinski definition) is 6. The van der Waals surface area contributed by atoms with Gasteiger partial charge in [-0.05, 0) is 23.1 Å². The fraction of sp³-hybridized carbons (Fsp3) is 0.222. The molecule has 3 rings (SSSR count). The molecule has 152 valence electrons. The Labute approximate surface area is 172 Å². The van der Waals surface area contributed by atoms with E-state index in [1.807, 2.05) is 20.8 Å². The number of pyridine rings is 1. The summed E-state index contributed by atoms with van der Waals surface area (Å²) in [4.78, 5) is 14.5. The molecule has 0 aliphatic rings. The Kier molecular flexibility index (Phi) is 5.20. The van der Waals surface area contributed by atoms with Gasteiger partial charge in [0.15, 0.2) is 5.82 Å². The zero-order valence-electron chi connectivity index (χ0n) is 15.8. The minimum Gasteiger partial charge on any atom is -0.258 e. The maximum atomic E-state index is 12.3. The quantitative estimate of drug-likeness (QED) is 0.492. The van der Waals surface area contributed by atoms with Crippen LogP contribution in [0.1, 0.15) is 26.3 Å². The Morgan fingerprint density at radius 3 is 2.41 bits per heavy atom. The van der Waals surface area contributed by atoms with Crippen LogP contribution in [0.3, 0.4) is 0 Å². The van der Waals surface area contributed by atoms with E-state index >= 15 is 0 Å². The molecule has 0 atom stereocenters. The Balaban J connectivity index is 2.31. The van der Waals surface area contributed by atoms with Crippen LogP contribution in [0, 0.1) is 10.1 Å². The third-order valence-corrected chi connectivity index (χ3v) is 5.43. The molecule has 1 aromatic carbocycles. The fourth-order valence-electron chi connectivity index (χ4n) is 2.78. The van der Waals surface area contributed by atoms with Crippen molar-refractivity contribution in [3.05, 3.63) is 63.6 Å². The highest BCUT2D eigenvalue weighted by molar-refractivity contribution is 7.89. The molecule has 29 heavy (non-hydrogen) atoms. The van der Waals surface area contributed by atoms with Crippen molar-refractivity contribution >= 4 is 27.3 Å². The molecule has 11 heteroatoms. The lowest BCUT2D eigenvalue weighted by Crippen LogP contribution is -2.17. The first-order valence-corrected chi connectivity index (χ1v) is 10.3. The van der Waals surface area contributed by atoms with E-state index in [1.165, 1.54) is 29.2 Å². The number of rotatable bonds is 4. The van der Waals surface area contributed by atoms with E-state index in [-0.39, 0.29) is 32.4 Å². The van der Waals surface area contributed by atoms with Gasteiger partial charge in [-0.2, -0.15) is 5.10 Å². The van der Waals surface area contributed by atoms with Crippen molar-refractivity contribution in [2.24, 2.45) is 5.14 Å². The van der Waals surface area contributed by atoms with Crippen molar-refractivity contribution in [1.82, 2.24) is 14.8 Å². The Bertz CT molecular complexity index is 1220. The molecule has 0 amide bonds. The first-order chi connectivity index (χ1) is 13.4. The summed E-state index contributed by atoms with van der Waals surface area (Å²) < 4.78 is 25.9. The van der Waals surface area contributed by atoms with Gasteiger partial charge >= 0.3 is 5.69 Å². The maximum absolute atomic E-state index is 12.3. The van der Waals surface area contributed by atoms with E-state index in [9.17, 15) is 18.5 Å². The van der Waals surface area contributed by atoms with Crippen LogP contribution in [0.25, 0.3) is 16.9 Å². The zero-order chi connectivity index (χ0) is 21.6. The Morgan fingerprint density at radius 2 is 1.86 bits per heavy atom. The second-order valence-electron chi connectivity index (χ2n) is 7.43.